The van der Waals surface area contributed by atoms with Crippen molar-refractivity contribution in [2.45, 2.75) is 63.8 Å². The number of ketones is 3. The highest BCUT2D eigenvalue weighted by atomic mass is 35.5. The molecule has 33 heavy (non-hydrogen) atoms. The lowest BCUT2D eigenvalue weighted by Gasteiger charge is -2.32. The number of hydrogen-bond acceptors (Lipinski definition) is 5. The summed E-state index contributed by atoms with van der Waals surface area (Å²) >= 11 is 6.20. The molecule has 6 nitrogen and oxygen atoms in total. The molecule has 0 amide bonds. The Kier molecular flexibility index (Phi) is 7.75. The standard InChI is InChI=1S/C25H28ClNO5S/c1-16-9-12-21(13-10-16)33(31,32)27(24(17(2)28)18(3)29)23-14-11-20(26)15-22(23)25(30)19-7-5-4-6-8-19/h9-15,19,24H,4-8H2,1-3H3. The molecule has 1 saturated carbocycles. The fraction of sp³-hybridized carbons (Fsp3) is 0.400. The van der Waals surface area contributed by atoms with E-state index in [4.69, 9.17) is 11.6 Å². The number of nitrogens with zero attached hydrogens (tertiary/aromatic N) is 1. The first-order valence-corrected chi connectivity index (χ1v) is 12.8. The molecular formula is C25H28ClNO5S. The summed E-state index contributed by atoms with van der Waals surface area (Å²) in [5.74, 6) is -1.75. The lowest BCUT2D eigenvalue weighted by molar-refractivity contribution is -0.126. The smallest absolute Gasteiger partial charge is 0.265 e. The molecule has 1 aliphatic carbocycles. The van der Waals surface area contributed by atoms with Crippen LogP contribution < -0.4 is 4.31 Å². The summed E-state index contributed by atoms with van der Waals surface area (Å²) in [5, 5.41) is 0.271. The van der Waals surface area contributed by atoms with Crippen LogP contribution in [0.3, 0.4) is 0 Å². The minimum absolute atomic E-state index is 0.00838. The van der Waals surface area contributed by atoms with Gasteiger partial charge in [0.05, 0.1) is 10.6 Å². The predicted octanol–water partition coefficient (Wildman–Crippen LogP) is 5.15. The zero-order valence-corrected chi connectivity index (χ0v) is 20.6. The first-order chi connectivity index (χ1) is 15.5. The fourth-order valence-corrected chi connectivity index (χ4v) is 6.20. The average molecular weight is 490 g/mol. The second-order valence-corrected chi connectivity index (χ2v) is 10.8. The van der Waals surface area contributed by atoms with Gasteiger partial charge in [-0.05, 0) is 63.9 Å². The van der Waals surface area contributed by atoms with E-state index in [9.17, 15) is 22.8 Å². The molecule has 0 saturated heterocycles. The number of anilines is 1. The first-order valence-electron chi connectivity index (χ1n) is 11.0. The Morgan fingerprint density at radius 2 is 1.52 bits per heavy atom. The Balaban J connectivity index is 2.25. The number of Topliss-reactive ketones (excluding diaryl/α,β-unsaturated/α-hetero) is 3. The highest BCUT2D eigenvalue weighted by Gasteiger charge is 2.40. The molecule has 0 aromatic heterocycles. The number of carbonyl (C=O) groups is 3. The van der Waals surface area contributed by atoms with Crippen LogP contribution >= 0.6 is 11.6 Å². The van der Waals surface area contributed by atoms with Crippen LogP contribution in [0.4, 0.5) is 5.69 Å². The lowest BCUT2D eigenvalue weighted by Crippen LogP contribution is -2.49. The number of benzene rings is 2. The second kappa shape index (κ2) is 10.2. The van der Waals surface area contributed by atoms with Gasteiger partial charge in [-0.25, -0.2) is 12.7 Å². The Morgan fingerprint density at radius 1 is 0.939 bits per heavy atom. The van der Waals surface area contributed by atoms with E-state index in [0.29, 0.717) is 12.8 Å². The Morgan fingerprint density at radius 3 is 2.06 bits per heavy atom. The quantitative estimate of drug-likeness (QED) is 0.377. The Labute approximate surface area is 200 Å². The fourth-order valence-electron chi connectivity index (χ4n) is 4.33. The number of aryl methyl sites for hydroxylation is 1. The zero-order valence-electron chi connectivity index (χ0n) is 19.0. The average Bonchev–Trinajstić information content (AvgIpc) is 2.77. The van der Waals surface area contributed by atoms with Gasteiger partial charge >= 0.3 is 0 Å². The normalized spacial score (nSPS) is 14.8. The summed E-state index contributed by atoms with van der Waals surface area (Å²) in [6.45, 7) is 4.16. The molecule has 8 heteroatoms. The molecule has 3 rings (SSSR count). The van der Waals surface area contributed by atoms with Crippen LogP contribution in [0.2, 0.25) is 5.02 Å². The SMILES string of the molecule is CC(=O)C(C(C)=O)N(c1ccc(Cl)cc1C(=O)C1CCCCC1)S(=O)(=O)c1ccc(C)cc1. The molecule has 2 aromatic rings. The third-order valence-electron chi connectivity index (χ3n) is 6.02. The van der Waals surface area contributed by atoms with Crippen LogP contribution in [-0.2, 0) is 19.6 Å². The van der Waals surface area contributed by atoms with Crippen molar-refractivity contribution in [3.8, 4) is 0 Å². The van der Waals surface area contributed by atoms with Gasteiger partial charge in [-0.2, -0.15) is 0 Å². The number of hydrogen-bond donors (Lipinski definition) is 0. The highest BCUT2D eigenvalue weighted by molar-refractivity contribution is 7.93. The van der Waals surface area contributed by atoms with Crippen molar-refractivity contribution in [2.24, 2.45) is 5.92 Å². The van der Waals surface area contributed by atoms with Gasteiger partial charge < -0.3 is 0 Å². The third-order valence-corrected chi connectivity index (χ3v) is 8.05. The molecule has 0 bridgehead atoms. The van der Waals surface area contributed by atoms with E-state index in [1.807, 2.05) is 6.92 Å². The van der Waals surface area contributed by atoms with Crippen molar-refractivity contribution in [3.63, 3.8) is 0 Å². The van der Waals surface area contributed by atoms with Gasteiger partial charge in [-0.1, -0.05) is 48.6 Å². The van der Waals surface area contributed by atoms with Gasteiger partial charge in [-0.15, -0.1) is 0 Å². The van der Waals surface area contributed by atoms with E-state index in [1.165, 1.54) is 44.2 Å². The van der Waals surface area contributed by atoms with E-state index in [-0.39, 0.29) is 32.9 Å². The number of sulfonamides is 1. The molecule has 1 aliphatic rings. The largest absolute Gasteiger partial charge is 0.297 e. The van der Waals surface area contributed by atoms with Crippen molar-refractivity contribution < 1.29 is 22.8 Å². The van der Waals surface area contributed by atoms with E-state index >= 15 is 0 Å². The van der Waals surface area contributed by atoms with Gasteiger partial charge in [0.2, 0.25) is 0 Å². The number of halogens is 1. The van der Waals surface area contributed by atoms with Gasteiger partial charge in [-0.3, -0.25) is 14.4 Å². The van der Waals surface area contributed by atoms with Crippen LogP contribution in [-0.4, -0.2) is 31.8 Å². The molecule has 0 heterocycles. The van der Waals surface area contributed by atoms with Gasteiger partial charge in [0.25, 0.3) is 10.0 Å². The van der Waals surface area contributed by atoms with Crippen molar-refractivity contribution in [2.75, 3.05) is 4.31 Å². The maximum atomic E-state index is 13.8. The summed E-state index contributed by atoms with van der Waals surface area (Å²) in [6.07, 6.45) is 4.30. The van der Waals surface area contributed by atoms with Crippen LogP contribution in [0.15, 0.2) is 47.4 Å². The Bertz CT molecular complexity index is 1150. The van der Waals surface area contributed by atoms with Crippen LogP contribution in [0.25, 0.3) is 0 Å². The highest BCUT2D eigenvalue weighted by Crippen LogP contribution is 2.36. The molecule has 0 aliphatic heterocycles. The zero-order chi connectivity index (χ0) is 24.3. The van der Waals surface area contributed by atoms with Crippen molar-refractivity contribution in [1.82, 2.24) is 0 Å². The summed E-state index contributed by atoms with van der Waals surface area (Å²) in [7, 11) is -4.36. The van der Waals surface area contributed by atoms with E-state index in [0.717, 1.165) is 29.1 Å². The molecule has 1 fully saturated rings. The number of rotatable bonds is 8. The van der Waals surface area contributed by atoms with Crippen LogP contribution in [0.5, 0.6) is 0 Å². The van der Waals surface area contributed by atoms with Gasteiger partial charge in [0, 0.05) is 16.5 Å². The molecule has 2 aromatic carbocycles. The second-order valence-electron chi connectivity index (χ2n) is 8.60. The third kappa shape index (κ3) is 5.36. The minimum Gasteiger partial charge on any atom is -0.297 e. The minimum atomic E-state index is -4.36. The summed E-state index contributed by atoms with van der Waals surface area (Å²) in [4.78, 5) is 38.5. The molecule has 176 valence electrons. The summed E-state index contributed by atoms with van der Waals surface area (Å²) < 4.78 is 28.4. The number of carbonyl (C=O) groups excluding carboxylic acids is 3. The monoisotopic (exact) mass is 489 g/mol. The van der Waals surface area contributed by atoms with Crippen molar-refractivity contribution in [3.05, 3.63) is 58.6 Å². The van der Waals surface area contributed by atoms with E-state index in [1.54, 1.807) is 12.1 Å². The molecule has 0 N–H and O–H groups in total. The first kappa shape index (κ1) is 25.1. The van der Waals surface area contributed by atoms with Crippen LogP contribution in [0, 0.1) is 12.8 Å². The topological polar surface area (TPSA) is 88.6 Å². The molecule has 0 unspecified atom stereocenters. The summed E-state index contributed by atoms with van der Waals surface area (Å²) in [5.41, 5.74) is 0.957. The summed E-state index contributed by atoms with van der Waals surface area (Å²) in [6, 6.07) is 8.82. The maximum Gasteiger partial charge on any atom is 0.265 e. The molecule has 0 radical (unpaired) electrons. The molecular weight excluding hydrogens is 462 g/mol. The van der Waals surface area contributed by atoms with E-state index in [2.05, 4.69) is 0 Å². The van der Waals surface area contributed by atoms with Gasteiger partial charge in [0.1, 0.15) is 0 Å². The lowest BCUT2D eigenvalue weighted by atomic mass is 9.83. The van der Waals surface area contributed by atoms with E-state index < -0.39 is 27.6 Å². The van der Waals surface area contributed by atoms with Crippen LogP contribution in [0.1, 0.15) is 61.9 Å². The maximum absolute atomic E-state index is 13.8. The van der Waals surface area contributed by atoms with Gasteiger partial charge in [0.15, 0.2) is 23.4 Å². The Hall–Kier alpha value is -2.51. The molecule has 0 atom stereocenters. The van der Waals surface area contributed by atoms with Crippen molar-refractivity contribution >= 4 is 44.7 Å². The predicted molar refractivity (Wildman–Crippen MR) is 128 cm³/mol. The van der Waals surface area contributed by atoms with Crippen molar-refractivity contribution in [1.29, 1.82) is 0 Å². The molecule has 0 spiro atoms.